The maximum absolute atomic E-state index is 12.9. The summed E-state index contributed by atoms with van der Waals surface area (Å²) in [6.07, 6.45) is 2.90. The molecule has 0 spiro atoms. The first-order valence-electron chi connectivity index (χ1n) is 10.4. The largest absolute Gasteiger partial charge is 0.494 e. The number of hydrogen-bond donors (Lipinski definition) is 2. The summed E-state index contributed by atoms with van der Waals surface area (Å²) in [6, 6.07) is 18.0. The van der Waals surface area contributed by atoms with E-state index < -0.39 is 0 Å². The second kappa shape index (κ2) is 10.3. The normalized spacial score (nSPS) is 16.9. The smallest absolute Gasteiger partial charge is 0.221 e. The standard InChI is InChI=1S/C24H32N2O2/c1-3-28-22-11-9-21(10-12-22)24(20-7-5-4-6-8-20)26-23(27)17-18(2)19-13-15-25-16-14-19/h4-12,18-19,24-25H,3,13-17H2,1-2H3,(H,26,27). The average Bonchev–Trinajstić information content (AvgIpc) is 2.74. The molecule has 1 amide bonds. The molecule has 0 saturated carbocycles. The monoisotopic (exact) mass is 380 g/mol. The maximum Gasteiger partial charge on any atom is 0.221 e. The van der Waals surface area contributed by atoms with Gasteiger partial charge >= 0.3 is 0 Å². The lowest BCUT2D eigenvalue weighted by Crippen LogP contribution is -2.35. The molecule has 1 saturated heterocycles. The lowest BCUT2D eigenvalue weighted by atomic mass is 9.84. The number of piperidine rings is 1. The topological polar surface area (TPSA) is 50.4 Å². The molecular weight excluding hydrogens is 348 g/mol. The van der Waals surface area contributed by atoms with Gasteiger partial charge in [0.25, 0.3) is 0 Å². The molecule has 3 rings (SSSR count). The van der Waals surface area contributed by atoms with Gasteiger partial charge in [-0.3, -0.25) is 4.79 Å². The molecule has 4 heteroatoms. The number of carbonyl (C=O) groups excluding carboxylic acids is 1. The number of ether oxygens (including phenoxy) is 1. The van der Waals surface area contributed by atoms with Crippen molar-refractivity contribution in [3.8, 4) is 5.75 Å². The Hall–Kier alpha value is -2.33. The van der Waals surface area contributed by atoms with Crippen molar-refractivity contribution in [2.24, 2.45) is 11.8 Å². The van der Waals surface area contributed by atoms with Crippen LogP contribution in [0.3, 0.4) is 0 Å². The van der Waals surface area contributed by atoms with E-state index in [1.54, 1.807) is 0 Å². The summed E-state index contributed by atoms with van der Waals surface area (Å²) >= 11 is 0. The van der Waals surface area contributed by atoms with Crippen molar-refractivity contribution in [2.45, 2.75) is 39.2 Å². The predicted octanol–water partition coefficient (Wildman–Crippen LogP) is 4.32. The molecule has 2 aromatic carbocycles. The summed E-state index contributed by atoms with van der Waals surface area (Å²) in [4.78, 5) is 12.9. The highest BCUT2D eigenvalue weighted by molar-refractivity contribution is 5.77. The predicted molar refractivity (Wildman–Crippen MR) is 113 cm³/mol. The SMILES string of the molecule is CCOc1ccc(C(NC(=O)CC(C)C2CCNCC2)c2ccccc2)cc1. The van der Waals surface area contributed by atoms with Gasteiger partial charge in [-0.1, -0.05) is 49.4 Å². The average molecular weight is 381 g/mol. The maximum atomic E-state index is 12.9. The molecule has 2 aromatic rings. The molecule has 1 aliphatic heterocycles. The fourth-order valence-electron chi connectivity index (χ4n) is 4.02. The Kier molecular flexibility index (Phi) is 7.49. The van der Waals surface area contributed by atoms with Gasteiger partial charge in [-0.15, -0.1) is 0 Å². The lowest BCUT2D eigenvalue weighted by Gasteiger charge is -2.28. The van der Waals surface area contributed by atoms with E-state index in [1.807, 2.05) is 49.4 Å². The van der Waals surface area contributed by atoms with Gasteiger partial charge in [0, 0.05) is 6.42 Å². The van der Waals surface area contributed by atoms with Crippen LogP contribution < -0.4 is 15.4 Å². The van der Waals surface area contributed by atoms with Crippen molar-refractivity contribution in [3.05, 3.63) is 65.7 Å². The molecular formula is C24H32N2O2. The Morgan fingerprint density at radius 1 is 1.07 bits per heavy atom. The van der Waals surface area contributed by atoms with Crippen molar-refractivity contribution >= 4 is 5.91 Å². The van der Waals surface area contributed by atoms with Crippen LogP contribution in [0.2, 0.25) is 0 Å². The van der Waals surface area contributed by atoms with Crippen LogP contribution in [-0.4, -0.2) is 25.6 Å². The number of nitrogens with one attached hydrogen (secondary N) is 2. The molecule has 28 heavy (non-hydrogen) atoms. The molecule has 0 bridgehead atoms. The zero-order chi connectivity index (χ0) is 19.8. The minimum Gasteiger partial charge on any atom is -0.494 e. The van der Waals surface area contributed by atoms with Crippen molar-refractivity contribution < 1.29 is 9.53 Å². The van der Waals surface area contributed by atoms with E-state index in [1.165, 1.54) is 0 Å². The van der Waals surface area contributed by atoms with Crippen molar-refractivity contribution in [1.29, 1.82) is 0 Å². The Morgan fingerprint density at radius 3 is 2.36 bits per heavy atom. The van der Waals surface area contributed by atoms with Crippen molar-refractivity contribution in [2.75, 3.05) is 19.7 Å². The quantitative estimate of drug-likeness (QED) is 0.717. The van der Waals surface area contributed by atoms with E-state index in [0.717, 1.165) is 42.8 Å². The fraction of sp³-hybridized carbons (Fsp3) is 0.458. The van der Waals surface area contributed by atoms with E-state index >= 15 is 0 Å². The van der Waals surface area contributed by atoms with E-state index in [0.29, 0.717) is 24.9 Å². The summed E-state index contributed by atoms with van der Waals surface area (Å²) in [7, 11) is 0. The summed E-state index contributed by atoms with van der Waals surface area (Å²) in [5.74, 6) is 2.00. The second-order valence-electron chi connectivity index (χ2n) is 7.68. The van der Waals surface area contributed by atoms with Crippen molar-refractivity contribution in [1.82, 2.24) is 10.6 Å². The highest BCUT2D eigenvalue weighted by Crippen LogP contribution is 2.27. The fourth-order valence-corrected chi connectivity index (χ4v) is 4.02. The third kappa shape index (κ3) is 5.59. The highest BCUT2D eigenvalue weighted by Gasteiger charge is 2.24. The molecule has 2 N–H and O–H groups in total. The van der Waals surface area contributed by atoms with Gasteiger partial charge in [0.15, 0.2) is 0 Å². The number of rotatable bonds is 8. The number of amides is 1. The Balaban J connectivity index is 1.71. The van der Waals surface area contributed by atoms with Crippen LogP contribution in [0.4, 0.5) is 0 Å². The second-order valence-corrected chi connectivity index (χ2v) is 7.68. The first-order chi connectivity index (χ1) is 13.7. The van der Waals surface area contributed by atoms with Gasteiger partial charge in [-0.2, -0.15) is 0 Å². The van der Waals surface area contributed by atoms with E-state index in [-0.39, 0.29) is 11.9 Å². The highest BCUT2D eigenvalue weighted by atomic mass is 16.5. The molecule has 1 heterocycles. The van der Waals surface area contributed by atoms with Crippen LogP contribution in [0.1, 0.15) is 50.3 Å². The molecule has 2 unspecified atom stereocenters. The summed E-state index contributed by atoms with van der Waals surface area (Å²) in [5, 5.41) is 6.68. The molecule has 0 aliphatic carbocycles. The minimum absolute atomic E-state index is 0.119. The third-order valence-corrected chi connectivity index (χ3v) is 5.66. The molecule has 0 aromatic heterocycles. The number of carbonyl (C=O) groups is 1. The van der Waals surface area contributed by atoms with Crippen LogP contribution >= 0.6 is 0 Å². The number of benzene rings is 2. The first-order valence-corrected chi connectivity index (χ1v) is 10.4. The lowest BCUT2D eigenvalue weighted by molar-refractivity contribution is -0.122. The van der Waals surface area contributed by atoms with Gasteiger partial charge < -0.3 is 15.4 Å². The van der Waals surface area contributed by atoms with E-state index in [4.69, 9.17) is 4.74 Å². The van der Waals surface area contributed by atoms with Crippen molar-refractivity contribution in [3.63, 3.8) is 0 Å². The van der Waals surface area contributed by atoms with Crippen LogP contribution in [0.25, 0.3) is 0 Å². The third-order valence-electron chi connectivity index (χ3n) is 5.66. The van der Waals surface area contributed by atoms with Crippen LogP contribution in [0, 0.1) is 11.8 Å². The van der Waals surface area contributed by atoms with Gasteiger partial charge in [0.05, 0.1) is 12.6 Å². The molecule has 1 fully saturated rings. The zero-order valence-corrected chi connectivity index (χ0v) is 17.0. The molecule has 2 atom stereocenters. The molecule has 1 aliphatic rings. The summed E-state index contributed by atoms with van der Waals surface area (Å²) in [6.45, 7) is 6.96. The first kappa shape index (κ1) is 20.4. The molecule has 4 nitrogen and oxygen atoms in total. The summed E-state index contributed by atoms with van der Waals surface area (Å²) < 4.78 is 5.55. The van der Waals surface area contributed by atoms with Gasteiger partial charge in [-0.25, -0.2) is 0 Å². The molecule has 0 radical (unpaired) electrons. The van der Waals surface area contributed by atoms with Crippen LogP contribution in [0.5, 0.6) is 5.75 Å². The Bertz CT molecular complexity index is 724. The number of hydrogen-bond acceptors (Lipinski definition) is 3. The van der Waals surface area contributed by atoms with Crippen LogP contribution in [0.15, 0.2) is 54.6 Å². The van der Waals surface area contributed by atoms with Gasteiger partial charge in [-0.05, 0) is 68.0 Å². The molecule has 150 valence electrons. The van der Waals surface area contributed by atoms with E-state index in [9.17, 15) is 4.79 Å². The minimum atomic E-state index is -0.149. The van der Waals surface area contributed by atoms with Gasteiger partial charge in [0.1, 0.15) is 5.75 Å². The Morgan fingerprint density at radius 2 is 1.71 bits per heavy atom. The Labute approximate surface area is 168 Å². The van der Waals surface area contributed by atoms with E-state index in [2.05, 4.69) is 29.7 Å². The van der Waals surface area contributed by atoms with Crippen LogP contribution in [-0.2, 0) is 4.79 Å². The zero-order valence-electron chi connectivity index (χ0n) is 17.0. The van der Waals surface area contributed by atoms with Gasteiger partial charge in [0.2, 0.25) is 5.91 Å². The summed E-state index contributed by atoms with van der Waals surface area (Å²) in [5.41, 5.74) is 2.16.